The lowest BCUT2D eigenvalue weighted by molar-refractivity contribution is 0.0890. The normalized spacial score (nSPS) is 22.3. The van der Waals surface area contributed by atoms with Crippen molar-refractivity contribution in [2.75, 3.05) is 13.2 Å². The van der Waals surface area contributed by atoms with Crippen molar-refractivity contribution in [3.05, 3.63) is 27.7 Å². The predicted molar refractivity (Wildman–Crippen MR) is 80.8 cm³/mol. The summed E-state index contributed by atoms with van der Waals surface area (Å²) in [5.41, 5.74) is -0.660. The molecule has 0 bridgehead atoms. The smallest absolute Gasteiger partial charge is 0.262 e. The molecule has 1 saturated heterocycles. The molecule has 0 aliphatic carbocycles. The van der Waals surface area contributed by atoms with Gasteiger partial charge in [-0.2, -0.15) is 0 Å². The molecule has 1 aromatic carbocycles. The zero-order chi connectivity index (χ0) is 15.8. The Kier molecular flexibility index (Phi) is 4.75. The van der Waals surface area contributed by atoms with Gasteiger partial charge in [0.05, 0.1) is 27.8 Å². The van der Waals surface area contributed by atoms with Crippen LogP contribution in [-0.2, 0) is 13.8 Å². The zero-order valence-electron chi connectivity index (χ0n) is 11.0. The van der Waals surface area contributed by atoms with Crippen LogP contribution in [0.25, 0.3) is 0 Å². The molecule has 1 heterocycles. The maximum absolute atomic E-state index is 12.4. The molecule has 0 aromatic heterocycles. The van der Waals surface area contributed by atoms with Crippen LogP contribution in [0.1, 0.15) is 23.7 Å². The highest BCUT2D eigenvalue weighted by Crippen LogP contribution is 2.33. The number of carbonyl (C=O) groups excluding carboxylic acids is 1. The number of hydrogen-bond acceptors (Lipinski definition) is 4. The SMILES string of the molecule is CC1(NC(=O)c2c(Cl)ccc(S(=O)(=O)Cl)c2Cl)CCOC1. The van der Waals surface area contributed by atoms with Crippen LogP contribution in [0.15, 0.2) is 17.0 Å². The fraction of sp³-hybridized carbons (Fsp3) is 0.417. The van der Waals surface area contributed by atoms with Gasteiger partial charge < -0.3 is 10.1 Å². The van der Waals surface area contributed by atoms with E-state index < -0.39 is 20.5 Å². The second-order valence-electron chi connectivity index (χ2n) is 4.99. The molecule has 0 saturated carbocycles. The fourth-order valence-electron chi connectivity index (χ4n) is 2.03. The summed E-state index contributed by atoms with van der Waals surface area (Å²) in [4.78, 5) is 12.0. The lowest BCUT2D eigenvalue weighted by Crippen LogP contribution is -2.46. The van der Waals surface area contributed by atoms with Crippen LogP contribution < -0.4 is 5.32 Å². The summed E-state index contributed by atoms with van der Waals surface area (Å²) in [6.45, 7) is 2.72. The van der Waals surface area contributed by atoms with Crippen molar-refractivity contribution in [1.82, 2.24) is 5.32 Å². The third kappa shape index (κ3) is 3.63. The van der Waals surface area contributed by atoms with E-state index in [0.29, 0.717) is 19.6 Å². The van der Waals surface area contributed by atoms with Gasteiger partial charge in [-0.3, -0.25) is 4.79 Å². The summed E-state index contributed by atoms with van der Waals surface area (Å²) in [6.07, 6.45) is 0.640. The highest BCUT2D eigenvalue weighted by atomic mass is 35.7. The molecule has 1 atom stereocenters. The fourth-order valence-corrected chi connectivity index (χ4v) is 3.93. The molecule has 1 amide bonds. The van der Waals surface area contributed by atoms with E-state index in [9.17, 15) is 13.2 Å². The van der Waals surface area contributed by atoms with Crippen LogP contribution in [-0.4, -0.2) is 33.1 Å². The van der Waals surface area contributed by atoms with Gasteiger partial charge in [-0.1, -0.05) is 23.2 Å². The summed E-state index contributed by atoms with van der Waals surface area (Å²) in [5, 5.41) is 2.51. The highest BCUT2D eigenvalue weighted by Gasteiger charge is 2.33. The molecule has 116 valence electrons. The van der Waals surface area contributed by atoms with Crippen molar-refractivity contribution in [2.45, 2.75) is 23.8 Å². The molecule has 0 spiro atoms. The van der Waals surface area contributed by atoms with E-state index in [-0.39, 0.29) is 20.5 Å². The average molecular weight is 373 g/mol. The topological polar surface area (TPSA) is 72.5 Å². The highest BCUT2D eigenvalue weighted by molar-refractivity contribution is 8.13. The molecule has 9 heteroatoms. The first-order chi connectivity index (χ1) is 9.64. The summed E-state index contributed by atoms with van der Waals surface area (Å²) in [6, 6.07) is 2.43. The summed E-state index contributed by atoms with van der Waals surface area (Å²) in [7, 11) is 1.21. The van der Waals surface area contributed by atoms with Crippen LogP contribution in [0.5, 0.6) is 0 Å². The molecule has 0 radical (unpaired) electrons. The molecule has 21 heavy (non-hydrogen) atoms. The van der Waals surface area contributed by atoms with Gasteiger partial charge in [0.15, 0.2) is 0 Å². The molecule has 1 fully saturated rings. The lowest BCUT2D eigenvalue weighted by atomic mass is 10.0. The van der Waals surface area contributed by atoms with Crippen LogP contribution in [0.2, 0.25) is 10.0 Å². The van der Waals surface area contributed by atoms with Crippen molar-refractivity contribution in [3.63, 3.8) is 0 Å². The van der Waals surface area contributed by atoms with Gasteiger partial charge in [-0.05, 0) is 25.5 Å². The molecule has 1 unspecified atom stereocenters. The minimum Gasteiger partial charge on any atom is -0.379 e. The van der Waals surface area contributed by atoms with Crippen LogP contribution in [0, 0.1) is 0 Å². The molecule has 1 aliphatic heterocycles. The van der Waals surface area contributed by atoms with Crippen LogP contribution in [0.4, 0.5) is 0 Å². The second kappa shape index (κ2) is 5.93. The number of nitrogens with one attached hydrogen (secondary N) is 1. The summed E-state index contributed by atoms with van der Waals surface area (Å²) >= 11 is 11.9. The first kappa shape index (κ1) is 16.8. The van der Waals surface area contributed by atoms with Crippen molar-refractivity contribution in [3.8, 4) is 0 Å². The monoisotopic (exact) mass is 371 g/mol. The first-order valence-corrected chi connectivity index (χ1v) is 9.03. The zero-order valence-corrected chi connectivity index (χ0v) is 14.0. The van der Waals surface area contributed by atoms with Crippen molar-refractivity contribution in [2.24, 2.45) is 0 Å². The Bertz CT molecular complexity index is 684. The molecular weight excluding hydrogens is 361 g/mol. The minimum absolute atomic E-state index is 0.0454. The number of amides is 1. The molecule has 1 aromatic rings. The van der Waals surface area contributed by atoms with E-state index in [1.165, 1.54) is 6.07 Å². The van der Waals surface area contributed by atoms with Crippen LogP contribution in [0.3, 0.4) is 0 Å². The van der Waals surface area contributed by atoms with Gasteiger partial charge in [0.25, 0.3) is 15.0 Å². The number of halogens is 3. The Morgan fingerprint density at radius 3 is 2.57 bits per heavy atom. The van der Waals surface area contributed by atoms with Crippen LogP contribution >= 0.6 is 33.9 Å². The number of rotatable bonds is 3. The van der Waals surface area contributed by atoms with E-state index in [1.54, 1.807) is 0 Å². The van der Waals surface area contributed by atoms with Gasteiger partial charge in [0.2, 0.25) is 0 Å². The van der Waals surface area contributed by atoms with E-state index in [0.717, 1.165) is 6.07 Å². The Hall–Kier alpha value is -0.530. The average Bonchev–Trinajstić information content (AvgIpc) is 2.73. The Balaban J connectivity index is 2.41. The molecule has 5 nitrogen and oxygen atoms in total. The van der Waals surface area contributed by atoms with Gasteiger partial charge in [0.1, 0.15) is 4.90 Å². The van der Waals surface area contributed by atoms with Gasteiger partial charge in [-0.25, -0.2) is 8.42 Å². The Morgan fingerprint density at radius 2 is 2.05 bits per heavy atom. The quantitative estimate of drug-likeness (QED) is 0.828. The van der Waals surface area contributed by atoms with E-state index in [1.807, 2.05) is 6.92 Å². The summed E-state index contributed by atoms with van der Waals surface area (Å²) < 4.78 is 28.1. The number of benzene rings is 1. The first-order valence-electron chi connectivity index (χ1n) is 5.97. The van der Waals surface area contributed by atoms with Gasteiger partial charge >= 0.3 is 0 Å². The standard InChI is InChI=1S/C12H12Cl3NO4S/c1-12(4-5-20-6-12)16-11(17)9-7(13)2-3-8(10(9)14)21(15,18)19/h2-3H,4-6H2,1H3,(H,16,17). The third-order valence-electron chi connectivity index (χ3n) is 3.18. The Morgan fingerprint density at radius 1 is 1.38 bits per heavy atom. The summed E-state index contributed by atoms with van der Waals surface area (Å²) in [5.74, 6) is -0.569. The van der Waals surface area contributed by atoms with Gasteiger partial charge in [-0.15, -0.1) is 0 Å². The second-order valence-corrected chi connectivity index (χ2v) is 8.31. The van der Waals surface area contributed by atoms with Crippen molar-refractivity contribution >= 4 is 48.8 Å². The maximum Gasteiger partial charge on any atom is 0.262 e. The number of hydrogen-bond donors (Lipinski definition) is 1. The third-order valence-corrected chi connectivity index (χ3v) is 5.36. The minimum atomic E-state index is -4.07. The van der Waals surface area contributed by atoms with Crippen molar-refractivity contribution < 1.29 is 17.9 Å². The largest absolute Gasteiger partial charge is 0.379 e. The lowest BCUT2D eigenvalue weighted by Gasteiger charge is -2.24. The Labute approximate surface area is 136 Å². The van der Waals surface area contributed by atoms with E-state index in [4.69, 9.17) is 38.6 Å². The molecule has 1 N–H and O–H groups in total. The molecular formula is C12H12Cl3NO4S. The molecule has 1 aliphatic rings. The number of carbonyl (C=O) groups is 1. The molecule has 2 rings (SSSR count). The maximum atomic E-state index is 12.4. The van der Waals surface area contributed by atoms with Crippen molar-refractivity contribution in [1.29, 1.82) is 0 Å². The van der Waals surface area contributed by atoms with Gasteiger partial charge in [0, 0.05) is 17.3 Å². The number of ether oxygens (including phenoxy) is 1. The predicted octanol–water partition coefficient (Wildman–Crippen LogP) is 2.83. The van der Waals surface area contributed by atoms with E-state index >= 15 is 0 Å². The van der Waals surface area contributed by atoms with E-state index in [2.05, 4.69) is 5.32 Å².